The molecule has 0 saturated heterocycles. The second kappa shape index (κ2) is 7.45. The summed E-state index contributed by atoms with van der Waals surface area (Å²) in [6.07, 6.45) is 0.381. The summed E-state index contributed by atoms with van der Waals surface area (Å²) in [5.41, 5.74) is 0.217. The predicted octanol–water partition coefficient (Wildman–Crippen LogP) is 1.72. The molecule has 0 heterocycles. The van der Waals surface area contributed by atoms with E-state index >= 15 is 0 Å². The molecule has 0 radical (unpaired) electrons. The van der Waals surface area contributed by atoms with Crippen molar-refractivity contribution in [1.29, 1.82) is 0 Å². The van der Waals surface area contributed by atoms with Crippen LogP contribution >= 0.6 is 15.9 Å². The van der Waals surface area contributed by atoms with Crippen molar-refractivity contribution in [3.05, 3.63) is 34.1 Å². The number of hydrogen-bond acceptors (Lipinski definition) is 3. The van der Waals surface area contributed by atoms with E-state index in [1.165, 1.54) is 19.2 Å². The average Bonchev–Trinajstić information content (AvgIpc) is 2.33. The quantitative estimate of drug-likeness (QED) is 0.839. The van der Waals surface area contributed by atoms with E-state index in [0.29, 0.717) is 17.5 Å². The van der Waals surface area contributed by atoms with E-state index in [2.05, 4.69) is 21.2 Å². The number of nitrogens with one attached hydrogen (secondary N) is 1. The minimum absolute atomic E-state index is 0.0569. The van der Waals surface area contributed by atoms with Crippen molar-refractivity contribution in [2.75, 3.05) is 20.3 Å². The summed E-state index contributed by atoms with van der Waals surface area (Å²) in [7, 11) is 1.51. The Labute approximate surface area is 113 Å². The maximum Gasteiger partial charge on any atom is 0.252 e. The average molecular weight is 320 g/mol. The summed E-state index contributed by atoms with van der Waals surface area (Å²) in [4.78, 5) is 11.9. The maximum atomic E-state index is 13.1. The summed E-state index contributed by atoms with van der Waals surface area (Å²) >= 11 is 3.19. The predicted molar refractivity (Wildman–Crippen MR) is 68.9 cm³/mol. The van der Waals surface area contributed by atoms with E-state index in [-0.39, 0.29) is 18.2 Å². The first-order chi connectivity index (χ1) is 8.58. The van der Waals surface area contributed by atoms with Crippen LogP contribution in [-0.4, -0.2) is 37.4 Å². The second-order valence-electron chi connectivity index (χ2n) is 3.76. The molecule has 0 aliphatic heterocycles. The van der Waals surface area contributed by atoms with Gasteiger partial charge in [0.05, 0.1) is 18.2 Å². The number of ether oxygens (including phenoxy) is 1. The zero-order chi connectivity index (χ0) is 13.5. The third kappa shape index (κ3) is 4.36. The molecule has 1 aromatic carbocycles. The number of amides is 1. The Morgan fingerprint density at radius 3 is 2.94 bits per heavy atom. The fourth-order valence-corrected chi connectivity index (χ4v) is 1.92. The third-order valence-corrected chi connectivity index (χ3v) is 3.05. The van der Waals surface area contributed by atoms with Crippen molar-refractivity contribution in [2.24, 2.45) is 0 Å². The first-order valence-corrected chi connectivity index (χ1v) is 6.23. The summed E-state index contributed by atoms with van der Waals surface area (Å²) in [5, 5.41) is 11.6. The van der Waals surface area contributed by atoms with E-state index in [4.69, 9.17) is 9.84 Å². The van der Waals surface area contributed by atoms with Crippen LogP contribution in [0.3, 0.4) is 0 Å². The Hall–Kier alpha value is -0.980. The highest BCUT2D eigenvalue weighted by Gasteiger charge is 2.16. The van der Waals surface area contributed by atoms with Gasteiger partial charge in [0.2, 0.25) is 0 Å². The van der Waals surface area contributed by atoms with Crippen LogP contribution in [0.1, 0.15) is 16.8 Å². The third-order valence-electron chi connectivity index (χ3n) is 2.35. The topological polar surface area (TPSA) is 58.6 Å². The lowest BCUT2D eigenvalue weighted by Gasteiger charge is -2.17. The van der Waals surface area contributed by atoms with Gasteiger partial charge in [0.15, 0.2) is 0 Å². The number of halogens is 2. The molecule has 0 fully saturated rings. The molecular weight excluding hydrogens is 305 g/mol. The van der Waals surface area contributed by atoms with Crippen molar-refractivity contribution in [3.8, 4) is 0 Å². The molecular formula is C12H15BrFNO3. The van der Waals surface area contributed by atoms with Gasteiger partial charge in [0.25, 0.3) is 5.91 Å². The van der Waals surface area contributed by atoms with Crippen LogP contribution < -0.4 is 5.32 Å². The Kier molecular flexibility index (Phi) is 6.24. The molecule has 1 amide bonds. The van der Waals surface area contributed by atoms with Crippen molar-refractivity contribution >= 4 is 21.8 Å². The molecule has 0 saturated carbocycles. The number of benzene rings is 1. The number of aliphatic hydroxyl groups is 1. The molecule has 0 bridgehead atoms. The molecule has 18 heavy (non-hydrogen) atoms. The van der Waals surface area contributed by atoms with Gasteiger partial charge in [-0.15, -0.1) is 0 Å². The van der Waals surface area contributed by atoms with Gasteiger partial charge < -0.3 is 15.2 Å². The number of rotatable bonds is 6. The number of methoxy groups -OCH3 is 1. The van der Waals surface area contributed by atoms with Crippen LogP contribution in [0.15, 0.2) is 22.7 Å². The van der Waals surface area contributed by atoms with Gasteiger partial charge in [-0.2, -0.15) is 0 Å². The summed E-state index contributed by atoms with van der Waals surface area (Å²) < 4.78 is 18.5. The number of carbonyl (C=O) groups is 1. The van der Waals surface area contributed by atoms with Crippen molar-refractivity contribution < 1.29 is 19.0 Å². The molecule has 0 aliphatic rings. The Morgan fingerprint density at radius 2 is 2.33 bits per heavy atom. The smallest absolute Gasteiger partial charge is 0.252 e. The van der Waals surface area contributed by atoms with Crippen molar-refractivity contribution in [1.82, 2.24) is 5.32 Å². The number of carbonyl (C=O) groups excluding carboxylic acids is 1. The van der Waals surface area contributed by atoms with Gasteiger partial charge in [-0.05, 0) is 40.5 Å². The van der Waals surface area contributed by atoms with Crippen LogP contribution in [0.5, 0.6) is 0 Å². The van der Waals surface area contributed by atoms with E-state index in [1.807, 2.05) is 0 Å². The minimum Gasteiger partial charge on any atom is -0.396 e. The van der Waals surface area contributed by atoms with Crippen LogP contribution in [0.2, 0.25) is 0 Å². The molecule has 1 rings (SSSR count). The molecule has 2 N–H and O–H groups in total. The van der Waals surface area contributed by atoms with Crippen molar-refractivity contribution in [2.45, 2.75) is 12.5 Å². The lowest BCUT2D eigenvalue weighted by atomic mass is 10.1. The van der Waals surface area contributed by atoms with Crippen LogP contribution in [0.25, 0.3) is 0 Å². The van der Waals surface area contributed by atoms with E-state index in [0.717, 1.165) is 6.07 Å². The van der Waals surface area contributed by atoms with Gasteiger partial charge in [-0.3, -0.25) is 4.79 Å². The molecule has 4 nitrogen and oxygen atoms in total. The van der Waals surface area contributed by atoms with Gasteiger partial charge >= 0.3 is 0 Å². The molecule has 100 valence electrons. The van der Waals surface area contributed by atoms with E-state index in [9.17, 15) is 9.18 Å². The van der Waals surface area contributed by atoms with Crippen LogP contribution in [0, 0.1) is 5.82 Å². The lowest BCUT2D eigenvalue weighted by molar-refractivity contribution is 0.0877. The normalized spacial score (nSPS) is 12.2. The van der Waals surface area contributed by atoms with Crippen LogP contribution in [0.4, 0.5) is 4.39 Å². The SMILES string of the molecule is COCC(CCO)NC(=O)c1cc(F)ccc1Br. The molecule has 1 atom stereocenters. The minimum atomic E-state index is -0.478. The molecule has 6 heteroatoms. The van der Waals surface area contributed by atoms with Gasteiger partial charge in [-0.25, -0.2) is 4.39 Å². The van der Waals surface area contributed by atoms with E-state index in [1.54, 1.807) is 0 Å². The van der Waals surface area contributed by atoms with Crippen molar-refractivity contribution in [3.63, 3.8) is 0 Å². The molecule has 1 aromatic rings. The van der Waals surface area contributed by atoms with Gasteiger partial charge in [0.1, 0.15) is 5.82 Å². The monoisotopic (exact) mass is 319 g/mol. The van der Waals surface area contributed by atoms with E-state index < -0.39 is 11.7 Å². The summed E-state index contributed by atoms with van der Waals surface area (Å²) in [6, 6.07) is 3.59. The summed E-state index contributed by atoms with van der Waals surface area (Å²) in [5.74, 6) is -0.884. The number of aliphatic hydroxyl groups excluding tert-OH is 1. The fraction of sp³-hybridized carbons (Fsp3) is 0.417. The Bertz CT molecular complexity index is 408. The highest BCUT2D eigenvalue weighted by atomic mass is 79.9. The highest BCUT2D eigenvalue weighted by molar-refractivity contribution is 9.10. The van der Waals surface area contributed by atoms with Gasteiger partial charge in [-0.1, -0.05) is 0 Å². The largest absolute Gasteiger partial charge is 0.396 e. The first-order valence-electron chi connectivity index (χ1n) is 5.44. The zero-order valence-corrected chi connectivity index (χ0v) is 11.5. The standard InChI is InChI=1S/C12H15BrFNO3/c1-18-7-9(4-5-16)15-12(17)10-6-8(14)2-3-11(10)13/h2-3,6,9,16H,4-5,7H2,1H3,(H,15,17). The molecule has 1 unspecified atom stereocenters. The number of hydrogen-bond donors (Lipinski definition) is 2. The maximum absolute atomic E-state index is 13.1. The lowest BCUT2D eigenvalue weighted by Crippen LogP contribution is -2.38. The molecule has 0 aliphatic carbocycles. The van der Waals surface area contributed by atoms with Gasteiger partial charge in [0, 0.05) is 18.2 Å². The molecule has 0 spiro atoms. The second-order valence-corrected chi connectivity index (χ2v) is 4.62. The zero-order valence-electron chi connectivity index (χ0n) is 9.95. The first kappa shape index (κ1) is 15.1. The Balaban J connectivity index is 2.76. The Morgan fingerprint density at radius 1 is 1.61 bits per heavy atom. The fourth-order valence-electron chi connectivity index (χ4n) is 1.49. The molecule has 0 aromatic heterocycles. The summed E-state index contributed by atoms with van der Waals surface area (Å²) in [6.45, 7) is 0.234. The highest BCUT2D eigenvalue weighted by Crippen LogP contribution is 2.17. The van der Waals surface area contributed by atoms with Crippen LogP contribution in [-0.2, 0) is 4.74 Å².